The molecule has 5 nitrogen and oxygen atoms in total. The van der Waals surface area contributed by atoms with Gasteiger partial charge in [-0.05, 0) is 63.2 Å². The lowest BCUT2D eigenvalue weighted by Gasteiger charge is -2.39. The molecule has 0 unspecified atom stereocenters. The van der Waals surface area contributed by atoms with Crippen LogP contribution in [0.5, 0.6) is 5.75 Å². The summed E-state index contributed by atoms with van der Waals surface area (Å²) in [5, 5.41) is 0. The van der Waals surface area contributed by atoms with Crippen molar-refractivity contribution in [1.29, 1.82) is 0 Å². The van der Waals surface area contributed by atoms with Gasteiger partial charge in [0.25, 0.3) is 0 Å². The van der Waals surface area contributed by atoms with Crippen molar-refractivity contribution in [1.82, 2.24) is 4.90 Å². The van der Waals surface area contributed by atoms with E-state index in [-0.39, 0.29) is 6.09 Å². The first-order valence-corrected chi connectivity index (χ1v) is 11.8. The molecule has 1 heterocycles. The number of nitrogens with zero attached hydrogens (tertiary/aromatic N) is 2. The molecule has 0 N–H and O–H groups in total. The SMILES string of the molecule is CCC1(CC)CC=C(c2ccc(OC)cc2N2CCN(C(=O)OC(C)(C)C)CC2)CC1. The molecule has 172 valence electrons. The van der Waals surface area contributed by atoms with Gasteiger partial charge in [-0.1, -0.05) is 32.8 Å². The van der Waals surface area contributed by atoms with Gasteiger partial charge in [-0.15, -0.1) is 0 Å². The molecule has 1 saturated heterocycles. The molecule has 1 aliphatic carbocycles. The third-order valence-electron chi connectivity index (χ3n) is 7.03. The Labute approximate surface area is 188 Å². The van der Waals surface area contributed by atoms with Crippen LogP contribution in [-0.4, -0.2) is 49.9 Å². The summed E-state index contributed by atoms with van der Waals surface area (Å²) < 4.78 is 11.1. The van der Waals surface area contributed by atoms with Crippen LogP contribution in [0.2, 0.25) is 0 Å². The largest absolute Gasteiger partial charge is 0.497 e. The van der Waals surface area contributed by atoms with E-state index in [0.717, 1.165) is 31.7 Å². The van der Waals surface area contributed by atoms with E-state index in [1.807, 2.05) is 25.7 Å². The smallest absolute Gasteiger partial charge is 0.410 e. The number of piperazine rings is 1. The molecule has 5 heteroatoms. The van der Waals surface area contributed by atoms with Crippen molar-refractivity contribution in [2.24, 2.45) is 5.41 Å². The van der Waals surface area contributed by atoms with Crippen LogP contribution in [0.25, 0.3) is 5.57 Å². The average Bonchev–Trinajstić information content (AvgIpc) is 2.78. The lowest BCUT2D eigenvalue weighted by Crippen LogP contribution is -2.50. The summed E-state index contributed by atoms with van der Waals surface area (Å²) in [6.45, 7) is 13.3. The van der Waals surface area contributed by atoms with Crippen LogP contribution in [-0.2, 0) is 4.74 Å². The number of methoxy groups -OCH3 is 1. The predicted molar refractivity (Wildman–Crippen MR) is 128 cm³/mol. The zero-order valence-corrected chi connectivity index (χ0v) is 20.3. The number of anilines is 1. The molecule has 0 atom stereocenters. The molecule has 1 fully saturated rings. The number of hydrogen-bond acceptors (Lipinski definition) is 4. The highest BCUT2D eigenvalue weighted by Gasteiger charge is 2.31. The minimum absolute atomic E-state index is 0.219. The molecule has 3 rings (SSSR count). The van der Waals surface area contributed by atoms with E-state index < -0.39 is 5.60 Å². The van der Waals surface area contributed by atoms with Gasteiger partial charge >= 0.3 is 6.09 Å². The highest BCUT2D eigenvalue weighted by Crippen LogP contribution is 2.45. The second-order valence-electron chi connectivity index (χ2n) is 9.98. The topological polar surface area (TPSA) is 42.0 Å². The maximum Gasteiger partial charge on any atom is 0.410 e. The van der Waals surface area contributed by atoms with Gasteiger partial charge in [-0.2, -0.15) is 0 Å². The molecule has 2 aliphatic rings. The van der Waals surface area contributed by atoms with E-state index in [0.29, 0.717) is 18.5 Å². The second-order valence-corrected chi connectivity index (χ2v) is 9.98. The maximum atomic E-state index is 12.4. The third kappa shape index (κ3) is 5.55. The number of ether oxygens (including phenoxy) is 2. The van der Waals surface area contributed by atoms with Gasteiger partial charge in [0, 0.05) is 43.5 Å². The van der Waals surface area contributed by atoms with Crippen LogP contribution in [0.1, 0.15) is 72.3 Å². The summed E-state index contributed by atoms with van der Waals surface area (Å²) in [7, 11) is 1.72. The first-order valence-electron chi connectivity index (χ1n) is 11.8. The van der Waals surface area contributed by atoms with Crippen molar-refractivity contribution in [3.05, 3.63) is 29.8 Å². The first kappa shape index (κ1) is 23.5. The zero-order chi connectivity index (χ0) is 22.6. The highest BCUT2D eigenvalue weighted by atomic mass is 16.6. The molecule has 0 saturated carbocycles. The lowest BCUT2D eigenvalue weighted by molar-refractivity contribution is 0.0240. The molecule has 1 amide bonds. The molecular formula is C26H40N2O3. The van der Waals surface area contributed by atoms with Crippen molar-refractivity contribution in [3.63, 3.8) is 0 Å². The molecule has 1 aromatic rings. The van der Waals surface area contributed by atoms with Gasteiger partial charge < -0.3 is 19.3 Å². The number of hydrogen-bond donors (Lipinski definition) is 0. The number of benzene rings is 1. The Morgan fingerprint density at radius 1 is 1.10 bits per heavy atom. The van der Waals surface area contributed by atoms with E-state index in [2.05, 4.69) is 43.0 Å². The van der Waals surface area contributed by atoms with Crippen molar-refractivity contribution in [2.45, 2.75) is 72.3 Å². The zero-order valence-electron chi connectivity index (χ0n) is 20.3. The fourth-order valence-electron chi connectivity index (χ4n) is 4.71. The Bertz CT molecular complexity index is 797. The first-order chi connectivity index (χ1) is 14.7. The number of allylic oxidation sites excluding steroid dienone is 2. The normalized spacial score (nSPS) is 19.1. The summed E-state index contributed by atoms with van der Waals surface area (Å²) in [5.74, 6) is 0.876. The number of carbonyl (C=O) groups excluding carboxylic acids is 1. The third-order valence-corrected chi connectivity index (χ3v) is 7.03. The fourth-order valence-corrected chi connectivity index (χ4v) is 4.71. The van der Waals surface area contributed by atoms with E-state index in [1.165, 1.54) is 36.1 Å². The molecule has 1 aromatic carbocycles. The van der Waals surface area contributed by atoms with Gasteiger partial charge in [0.05, 0.1) is 7.11 Å². The Morgan fingerprint density at radius 3 is 2.29 bits per heavy atom. The summed E-state index contributed by atoms with van der Waals surface area (Å²) in [4.78, 5) is 16.7. The minimum Gasteiger partial charge on any atom is -0.497 e. The summed E-state index contributed by atoms with van der Waals surface area (Å²) in [6, 6.07) is 6.43. The Balaban J connectivity index is 1.78. The quantitative estimate of drug-likeness (QED) is 0.566. The molecule has 31 heavy (non-hydrogen) atoms. The maximum absolute atomic E-state index is 12.4. The summed E-state index contributed by atoms with van der Waals surface area (Å²) >= 11 is 0. The highest BCUT2D eigenvalue weighted by molar-refractivity contribution is 5.79. The van der Waals surface area contributed by atoms with E-state index in [1.54, 1.807) is 7.11 Å². The van der Waals surface area contributed by atoms with Crippen molar-refractivity contribution < 1.29 is 14.3 Å². The lowest BCUT2D eigenvalue weighted by atomic mass is 9.70. The Morgan fingerprint density at radius 2 is 1.77 bits per heavy atom. The molecular weight excluding hydrogens is 388 g/mol. The summed E-state index contributed by atoms with van der Waals surface area (Å²) in [6.07, 6.45) is 8.28. The summed E-state index contributed by atoms with van der Waals surface area (Å²) in [5.41, 5.74) is 3.98. The van der Waals surface area contributed by atoms with Crippen LogP contribution >= 0.6 is 0 Å². The van der Waals surface area contributed by atoms with Crippen LogP contribution < -0.4 is 9.64 Å². The van der Waals surface area contributed by atoms with Gasteiger partial charge in [0.2, 0.25) is 0 Å². The van der Waals surface area contributed by atoms with Crippen LogP contribution in [0.4, 0.5) is 10.5 Å². The van der Waals surface area contributed by atoms with Crippen LogP contribution in [0.15, 0.2) is 24.3 Å². The number of amides is 1. The monoisotopic (exact) mass is 428 g/mol. The van der Waals surface area contributed by atoms with Crippen molar-refractivity contribution >= 4 is 17.4 Å². The van der Waals surface area contributed by atoms with Crippen LogP contribution in [0.3, 0.4) is 0 Å². The standard InChI is InChI=1S/C26H40N2O3/c1-7-26(8-2)13-11-20(12-14-26)22-10-9-21(30-6)19-23(22)27-15-17-28(18-16-27)24(29)31-25(3,4)5/h9-11,19H,7-8,12-18H2,1-6H3. The van der Waals surface area contributed by atoms with Gasteiger partial charge in [0.1, 0.15) is 11.4 Å². The molecule has 0 radical (unpaired) electrons. The molecule has 1 aliphatic heterocycles. The van der Waals surface area contributed by atoms with Crippen molar-refractivity contribution in [3.8, 4) is 5.75 Å². The predicted octanol–water partition coefficient (Wildman–Crippen LogP) is 6.13. The molecule has 0 spiro atoms. The minimum atomic E-state index is -0.464. The van der Waals surface area contributed by atoms with Gasteiger partial charge in [-0.3, -0.25) is 0 Å². The van der Waals surface area contributed by atoms with Crippen molar-refractivity contribution in [2.75, 3.05) is 38.2 Å². The van der Waals surface area contributed by atoms with E-state index >= 15 is 0 Å². The van der Waals surface area contributed by atoms with E-state index in [9.17, 15) is 4.79 Å². The number of carbonyl (C=O) groups is 1. The molecule has 0 aromatic heterocycles. The molecule has 0 bridgehead atoms. The fraction of sp³-hybridized carbons (Fsp3) is 0.654. The van der Waals surface area contributed by atoms with Gasteiger partial charge in [0.15, 0.2) is 0 Å². The van der Waals surface area contributed by atoms with Gasteiger partial charge in [-0.25, -0.2) is 4.79 Å². The number of rotatable bonds is 5. The Hall–Kier alpha value is -2.17. The van der Waals surface area contributed by atoms with E-state index in [4.69, 9.17) is 9.47 Å². The van der Waals surface area contributed by atoms with Crippen LogP contribution in [0, 0.1) is 5.41 Å². The average molecular weight is 429 g/mol. The Kier molecular flexibility index (Phi) is 7.23. The second kappa shape index (κ2) is 9.54.